The lowest BCUT2D eigenvalue weighted by molar-refractivity contribution is -0.126. The second-order valence-electron chi connectivity index (χ2n) is 5.17. The molecule has 0 bridgehead atoms. The topological polar surface area (TPSA) is 77.8 Å². The predicted octanol–water partition coefficient (Wildman–Crippen LogP) is 1.12. The van der Waals surface area contributed by atoms with E-state index < -0.39 is 17.5 Å². The molecule has 1 atom stereocenters. The number of carbonyl (C=O) groups excluding carboxylic acids is 1. The number of aromatic carboxylic acids is 1. The molecule has 0 radical (unpaired) electrons. The predicted molar refractivity (Wildman–Crippen MR) is 65.5 cm³/mol. The Morgan fingerprint density at radius 3 is 2.28 bits per heavy atom. The summed E-state index contributed by atoms with van der Waals surface area (Å²) in [5.41, 5.74) is 0.280. The Balaban J connectivity index is 2.28. The summed E-state index contributed by atoms with van der Waals surface area (Å²) in [6.07, 6.45) is -1.02. The van der Waals surface area contributed by atoms with Crippen molar-refractivity contribution in [3.8, 4) is 0 Å². The fourth-order valence-electron chi connectivity index (χ4n) is 2.06. The number of anilines is 1. The van der Waals surface area contributed by atoms with Gasteiger partial charge < -0.3 is 15.1 Å². The molecule has 1 aromatic carbocycles. The second-order valence-corrected chi connectivity index (χ2v) is 5.17. The Morgan fingerprint density at radius 1 is 1.33 bits per heavy atom. The van der Waals surface area contributed by atoms with Gasteiger partial charge in [-0.2, -0.15) is 0 Å². The van der Waals surface area contributed by atoms with Gasteiger partial charge in [-0.05, 0) is 24.3 Å². The van der Waals surface area contributed by atoms with Gasteiger partial charge in [-0.1, -0.05) is 13.8 Å². The summed E-state index contributed by atoms with van der Waals surface area (Å²) in [6.45, 7) is 4.06. The third-order valence-corrected chi connectivity index (χ3v) is 3.23. The van der Waals surface area contributed by atoms with Crippen LogP contribution in [-0.4, -0.2) is 34.7 Å². The van der Waals surface area contributed by atoms with Crippen LogP contribution in [0.15, 0.2) is 24.3 Å². The van der Waals surface area contributed by atoms with Crippen molar-refractivity contribution in [2.45, 2.75) is 20.0 Å². The molecular weight excluding hydrogens is 234 g/mol. The van der Waals surface area contributed by atoms with E-state index in [1.807, 2.05) is 13.8 Å². The van der Waals surface area contributed by atoms with E-state index >= 15 is 0 Å². The third kappa shape index (κ3) is 1.97. The molecule has 0 aliphatic carbocycles. The summed E-state index contributed by atoms with van der Waals surface area (Å²) in [6, 6.07) is 6.05. The Kier molecular flexibility index (Phi) is 2.86. The molecule has 2 N–H and O–H groups in total. The van der Waals surface area contributed by atoms with Gasteiger partial charge in [-0.25, -0.2) is 4.79 Å². The summed E-state index contributed by atoms with van der Waals surface area (Å²) in [5.74, 6) is -1.35. The van der Waals surface area contributed by atoms with Gasteiger partial charge in [0.05, 0.1) is 5.56 Å². The van der Waals surface area contributed by atoms with E-state index in [1.54, 1.807) is 12.1 Å². The number of rotatable bonds is 2. The molecule has 5 heteroatoms. The van der Waals surface area contributed by atoms with Crippen LogP contribution < -0.4 is 4.90 Å². The van der Waals surface area contributed by atoms with Crippen LogP contribution in [0.4, 0.5) is 5.69 Å². The van der Waals surface area contributed by atoms with Crippen LogP contribution in [0.5, 0.6) is 0 Å². The van der Waals surface area contributed by atoms with Crippen molar-refractivity contribution in [3.05, 3.63) is 29.8 Å². The van der Waals surface area contributed by atoms with Crippen LogP contribution in [0.25, 0.3) is 0 Å². The van der Waals surface area contributed by atoms with Crippen molar-refractivity contribution in [2.75, 3.05) is 11.4 Å². The van der Waals surface area contributed by atoms with Crippen LogP contribution in [0.2, 0.25) is 0 Å². The molecule has 1 aliphatic heterocycles. The van der Waals surface area contributed by atoms with E-state index in [0.717, 1.165) is 0 Å². The summed E-state index contributed by atoms with van der Waals surface area (Å²) in [7, 11) is 0. The molecule has 0 spiro atoms. The maximum atomic E-state index is 11.9. The lowest BCUT2D eigenvalue weighted by Crippen LogP contribution is -2.30. The first kappa shape index (κ1) is 12.6. The Bertz CT molecular complexity index is 492. The fraction of sp³-hybridized carbons (Fsp3) is 0.385. The molecule has 1 saturated heterocycles. The lowest BCUT2D eigenvalue weighted by atomic mass is 9.90. The zero-order valence-corrected chi connectivity index (χ0v) is 10.3. The zero-order chi connectivity index (χ0) is 13.5. The molecule has 1 fully saturated rings. The van der Waals surface area contributed by atoms with Crippen LogP contribution in [-0.2, 0) is 4.79 Å². The molecule has 1 amide bonds. The fourth-order valence-corrected chi connectivity index (χ4v) is 2.06. The molecule has 2 rings (SSSR count). The Morgan fingerprint density at radius 2 is 1.89 bits per heavy atom. The van der Waals surface area contributed by atoms with Gasteiger partial charge in [-0.15, -0.1) is 0 Å². The normalized spacial score (nSPS) is 22.3. The number of aliphatic hydroxyl groups excluding tert-OH is 1. The number of hydrogen-bond acceptors (Lipinski definition) is 3. The maximum Gasteiger partial charge on any atom is 0.335 e. The maximum absolute atomic E-state index is 11.9. The average Bonchev–Trinajstić information content (AvgIpc) is 2.53. The minimum Gasteiger partial charge on any atom is -0.478 e. The first-order valence-electron chi connectivity index (χ1n) is 5.66. The van der Waals surface area contributed by atoms with Crippen molar-refractivity contribution >= 4 is 17.6 Å². The number of hydrogen-bond donors (Lipinski definition) is 2. The minimum absolute atomic E-state index is 0.171. The molecule has 1 unspecified atom stereocenters. The minimum atomic E-state index is -1.02. The van der Waals surface area contributed by atoms with Gasteiger partial charge in [0.2, 0.25) is 0 Å². The average molecular weight is 249 g/mol. The van der Waals surface area contributed by atoms with Crippen molar-refractivity contribution in [2.24, 2.45) is 5.41 Å². The highest BCUT2D eigenvalue weighted by molar-refractivity contribution is 6.00. The third-order valence-electron chi connectivity index (χ3n) is 3.23. The van der Waals surface area contributed by atoms with Crippen LogP contribution >= 0.6 is 0 Å². The molecule has 1 heterocycles. The number of carboxylic acid groups (broad SMARTS) is 1. The highest BCUT2D eigenvalue weighted by Gasteiger charge is 2.45. The molecule has 0 saturated carbocycles. The summed E-state index contributed by atoms with van der Waals surface area (Å²) in [4.78, 5) is 24.1. The molecule has 96 valence electrons. The first-order valence-corrected chi connectivity index (χ1v) is 5.66. The van der Waals surface area contributed by atoms with Gasteiger partial charge in [0.1, 0.15) is 6.10 Å². The molecule has 18 heavy (non-hydrogen) atoms. The number of amides is 1. The quantitative estimate of drug-likeness (QED) is 0.823. The highest BCUT2D eigenvalue weighted by atomic mass is 16.4. The first-order chi connectivity index (χ1) is 8.33. The summed E-state index contributed by atoms with van der Waals surface area (Å²) >= 11 is 0. The van der Waals surface area contributed by atoms with E-state index in [9.17, 15) is 14.7 Å². The SMILES string of the molecule is CC1(C)CN(c2ccc(C(=O)O)cc2)C(=O)C1O. The summed E-state index contributed by atoms with van der Waals surface area (Å²) < 4.78 is 0. The molecule has 1 aromatic rings. The highest BCUT2D eigenvalue weighted by Crippen LogP contribution is 2.33. The number of carboxylic acids is 1. The molecule has 0 aromatic heterocycles. The van der Waals surface area contributed by atoms with Gasteiger partial charge in [0, 0.05) is 17.6 Å². The standard InChI is InChI=1S/C13H15NO4/c1-13(2)7-14(11(16)10(13)15)9-5-3-8(4-6-9)12(17)18/h3-6,10,15H,7H2,1-2H3,(H,17,18). The van der Waals surface area contributed by atoms with Crippen molar-refractivity contribution < 1.29 is 19.8 Å². The number of benzene rings is 1. The van der Waals surface area contributed by atoms with Crippen LogP contribution in [0, 0.1) is 5.41 Å². The van der Waals surface area contributed by atoms with E-state index in [2.05, 4.69) is 0 Å². The Labute approximate surface area is 105 Å². The smallest absolute Gasteiger partial charge is 0.335 e. The van der Waals surface area contributed by atoms with Gasteiger partial charge in [-0.3, -0.25) is 4.79 Å². The lowest BCUT2D eigenvalue weighted by Gasteiger charge is -2.20. The van der Waals surface area contributed by atoms with Crippen molar-refractivity contribution in [1.82, 2.24) is 0 Å². The molecule has 5 nitrogen and oxygen atoms in total. The van der Waals surface area contributed by atoms with Crippen LogP contribution in [0.3, 0.4) is 0 Å². The van der Waals surface area contributed by atoms with Gasteiger partial charge in [0.15, 0.2) is 0 Å². The number of nitrogens with zero attached hydrogens (tertiary/aromatic N) is 1. The zero-order valence-electron chi connectivity index (χ0n) is 10.3. The second kappa shape index (κ2) is 4.10. The van der Waals surface area contributed by atoms with Crippen LogP contribution in [0.1, 0.15) is 24.2 Å². The van der Waals surface area contributed by atoms with Crippen molar-refractivity contribution in [1.29, 1.82) is 0 Å². The van der Waals surface area contributed by atoms with Crippen molar-refractivity contribution in [3.63, 3.8) is 0 Å². The van der Waals surface area contributed by atoms with Gasteiger partial charge in [0.25, 0.3) is 5.91 Å². The van der Waals surface area contributed by atoms with E-state index in [4.69, 9.17) is 5.11 Å². The molecule has 1 aliphatic rings. The number of aliphatic hydroxyl groups is 1. The van der Waals surface area contributed by atoms with Gasteiger partial charge >= 0.3 is 5.97 Å². The Hall–Kier alpha value is -1.88. The van der Waals surface area contributed by atoms with E-state index in [-0.39, 0.29) is 11.5 Å². The molecular formula is C13H15NO4. The monoisotopic (exact) mass is 249 g/mol. The summed E-state index contributed by atoms with van der Waals surface area (Å²) in [5, 5.41) is 18.6. The number of carbonyl (C=O) groups is 2. The van der Waals surface area contributed by atoms with E-state index in [1.165, 1.54) is 17.0 Å². The van der Waals surface area contributed by atoms with E-state index in [0.29, 0.717) is 12.2 Å². The largest absolute Gasteiger partial charge is 0.478 e.